The SMILES string of the molecule is CN1CCN(NC(=O)CCNC(=O)C(F)(F)F)CC1. The Hall–Kier alpha value is -1.35. The highest BCUT2D eigenvalue weighted by Gasteiger charge is 2.38. The number of alkyl halides is 3. The van der Waals surface area contributed by atoms with Crippen molar-refractivity contribution in [2.75, 3.05) is 39.8 Å². The van der Waals surface area contributed by atoms with Gasteiger partial charge in [0.1, 0.15) is 0 Å². The van der Waals surface area contributed by atoms with Gasteiger partial charge < -0.3 is 10.2 Å². The number of rotatable bonds is 4. The average molecular weight is 282 g/mol. The number of carbonyl (C=O) groups excluding carboxylic acids is 2. The second-order valence-corrected chi connectivity index (χ2v) is 4.33. The van der Waals surface area contributed by atoms with Crippen molar-refractivity contribution >= 4 is 11.8 Å². The summed E-state index contributed by atoms with van der Waals surface area (Å²) in [6.07, 6.45) is -5.10. The molecule has 0 bridgehead atoms. The molecule has 0 aromatic carbocycles. The highest BCUT2D eigenvalue weighted by molar-refractivity contribution is 5.82. The van der Waals surface area contributed by atoms with Gasteiger partial charge in [-0.3, -0.25) is 15.0 Å². The zero-order chi connectivity index (χ0) is 14.5. The molecule has 2 N–H and O–H groups in total. The smallest absolute Gasteiger partial charge is 0.348 e. The van der Waals surface area contributed by atoms with E-state index >= 15 is 0 Å². The summed E-state index contributed by atoms with van der Waals surface area (Å²) in [5, 5.41) is 3.36. The summed E-state index contributed by atoms with van der Waals surface area (Å²) < 4.78 is 35.6. The van der Waals surface area contributed by atoms with Crippen LogP contribution < -0.4 is 10.7 Å². The van der Waals surface area contributed by atoms with E-state index in [1.807, 2.05) is 7.05 Å². The van der Waals surface area contributed by atoms with Crippen LogP contribution >= 0.6 is 0 Å². The van der Waals surface area contributed by atoms with Crippen LogP contribution in [0.1, 0.15) is 6.42 Å². The predicted molar refractivity (Wildman–Crippen MR) is 60.9 cm³/mol. The van der Waals surface area contributed by atoms with Gasteiger partial charge in [0, 0.05) is 39.1 Å². The van der Waals surface area contributed by atoms with Crippen LogP contribution in [-0.2, 0) is 9.59 Å². The third-order valence-electron chi connectivity index (χ3n) is 2.68. The van der Waals surface area contributed by atoms with Gasteiger partial charge in [-0.05, 0) is 7.05 Å². The van der Waals surface area contributed by atoms with E-state index in [-0.39, 0.29) is 13.0 Å². The van der Waals surface area contributed by atoms with Crippen LogP contribution in [0.4, 0.5) is 13.2 Å². The largest absolute Gasteiger partial charge is 0.471 e. The van der Waals surface area contributed by atoms with Crippen LogP contribution in [0.5, 0.6) is 0 Å². The molecule has 1 heterocycles. The van der Waals surface area contributed by atoms with Gasteiger partial charge in [0.15, 0.2) is 0 Å². The molecule has 0 atom stereocenters. The van der Waals surface area contributed by atoms with E-state index in [1.54, 1.807) is 10.3 Å². The molecule has 0 aromatic heterocycles. The molecule has 6 nitrogen and oxygen atoms in total. The molecule has 0 aliphatic carbocycles. The van der Waals surface area contributed by atoms with Crippen molar-refractivity contribution in [3.05, 3.63) is 0 Å². The molecule has 0 radical (unpaired) electrons. The summed E-state index contributed by atoms with van der Waals surface area (Å²) in [6, 6.07) is 0. The van der Waals surface area contributed by atoms with Crippen molar-refractivity contribution in [1.82, 2.24) is 20.7 Å². The first-order valence-corrected chi connectivity index (χ1v) is 5.87. The number of amides is 2. The molecule has 1 saturated heterocycles. The van der Waals surface area contributed by atoms with Crippen molar-refractivity contribution in [2.45, 2.75) is 12.6 Å². The number of nitrogens with one attached hydrogen (secondary N) is 2. The summed E-state index contributed by atoms with van der Waals surface area (Å²) in [5.74, 6) is -2.44. The maximum absolute atomic E-state index is 11.9. The number of nitrogens with zero attached hydrogens (tertiary/aromatic N) is 2. The van der Waals surface area contributed by atoms with E-state index in [0.717, 1.165) is 13.1 Å². The van der Waals surface area contributed by atoms with Gasteiger partial charge in [-0.25, -0.2) is 5.01 Å². The summed E-state index contributed by atoms with van der Waals surface area (Å²) in [5.41, 5.74) is 2.59. The monoisotopic (exact) mass is 282 g/mol. The van der Waals surface area contributed by atoms with Crippen LogP contribution in [0, 0.1) is 0 Å². The van der Waals surface area contributed by atoms with E-state index < -0.39 is 18.0 Å². The predicted octanol–water partition coefficient (Wildman–Crippen LogP) is -0.666. The van der Waals surface area contributed by atoms with Crippen molar-refractivity contribution in [3.63, 3.8) is 0 Å². The number of carbonyl (C=O) groups is 2. The Morgan fingerprint density at radius 3 is 2.26 bits per heavy atom. The summed E-state index contributed by atoms with van der Waals surface area (Å²) in [4.78, 5) is 24.0. The molecule has 1 fully saturated rings. The number of hydrogen-bond acceptors (Lipinski definition) is 4. The molecule has 0 saturated carbocycles. The summed E-state index contributed by atoms with van der Waals surface area (Å²) >= 11 is 0. The van der Waals surface area contributed by atoms with Crippen LogP contribution in [0.15, 0.2) is 0 Å². The zero-order valence-electron chi connectivity index (χ0n) is 10.6. The third kappa shape index (κ3) is 5.88. The first kappa shape index (κ1) is 15.7. The number of piperazine rings is 1. The Morgan fingerprint density at radius 2 is 1.74 bits per heavy atom. The Balaban J connectivity index is 2.16. The molecule has 110 valence electrons. The molecule has 1 aliphatic heterocycles. The lowest BCUT2D eigenvalue weighted by Crippen LogP contribution is -2.53. The molecular weight excluding hydrogens is 265 g/mol. The van der Waals surface area contributed by atoms with Crippen LogP contribution in [0.3, 0.4) is 0 Å². The van der Waals surface area contributed by atoms with Gasteiger partial charge in [0.2, 0.25) is 5.91 Å². The van der Waals surface area contributed by atoms with E-state index in [0.29, 0.717) is 13.1 Å². The van der Waals surface area contributed by atoms with Gasteiger partial charge in [0.05, 0.1) is 0 Å². The molecule has 0 spiro atoms. The minimum atomic E-state index is -4.91. The van der Waals surface area contributed by atoms with Crippen LogP contribution in [0.25, 0.3) is 0 Å². The van der Waals surface area contributed by atoms with Crippen molar-refractivity contribution in [3.8, 4) is 0 Å². The van der Waals surface area contributed by atoms with Crippen molar-refractivity contribution in [1.29, 1.82) is 0 Å². The second kappa shape index (κ2) is 6.71. The minimum Gasteiger partial charge on any atom is -0.348 e. The molecule has 9 heteroatoms. The van der Waals surface area contributed by atoms with Gasteiger partial charge in [-0.2, -0.15) is 13.2 Å². The average Bonchev–Trinajstić information content (AvgIpc) is 2.31. The lowest BCUT2D eigenvalue weighted by Gasteiger charge is -2.32. The van der Waals surface area contributed by atoms with Gasteiger partial charge in [0.25, 0.3) is 0 Å². The maximum atomic E-state index is 11.9. The highest BCUT2D eigenvalue weighted by Crippen LogP contribution is 2.13. The number of likely N-dealkylation sites (N-methyl/N-ethyl adjacent to an activating group) is 1. The third-order valence-corrected chi connectivity index (χ3v) is 2.68. The lowest BCUT2D eigenvalue weighted by atomic mass is 10.3. The quantitative estimate of drug-likeness (QED) is 0.718. The highest BCUT2D eigenvalue weighted by atomic mass is 19.4. The number of halogens is 3. The Morgan fingerprint density at radius 1 is 1.16 bits per heavy atom. The lowest BCUT2D eigenvalue weighted by molar-refractivity contribution is -0.173. The number of hydrogen-bond donors (Lipinski definition) is 2. The van der Waals surface area contributed by atoms with Crippen molar-refractivity contribution in [2.24, 2.45) is 0 Å². The van der Waals surface area contributed by atoms with Gasteiger partial charge >= 0.3 is 12.1 Å². The second-order valence-electron chi connectivity index (χ2n) is 4.33. The Bertz CT molecular complexity index is 327. The molecule has 0 aromatic rings. The molecule has 0 unspecified atom stereocenters. The summed E-state index contributed by atoms with van der Waals surface area (Å²) in [7, 11) is 1.96. The zero-order valence-corrected chi connectivity index (χ0v) is 10.6. The van der Waals surface area contributed by atoms with Gasteiger partial charge in [-0.15, -0.1) is 0 Å². The van der Waals surface area contributed by atoms with Crippen molar-refractivity contribution < 1.29 is 22.8 Å². The first-order chi connectivity index (χ1) is 8.79. The normalized spacial score (nSPS) is 18.1. The molecule has 1 aliphatic rings. The van der Waals surface area contributed by atoms with Gasteiger partial charge in [-0.1, -0.05) is 0 Å². The summed E-state index contributed by atoms with van der Waals surface area (Å²) in [6.45, 7) is 2.61. The Labute approximate surface area is 108 Å². The molecular formula is C10H17F3N4O2. The molecule has 2 amide bonds. The van der Waals surface area contributed by atoms with E-state index in [2.05, 4.69) is 10.3 Å². The Kier molecular flexibility index (Phi) is 5.55. The maximum Gasteiger partial charge on any atom is 0.471 e. The van der Waals surface area contributed by atoms with E-state index in [9.17, 15) is 22.8 Å². The fourth-order valence-corrected chi connectivity index (χ4v) is 1.54. The molecule has 19 heavy (non-hydrogen) atoms. The fourth-order valence-electron chi connectivity index (χ4n) is 1.54. The molecule has 1 rings (SSSR count). The van der Waals surface area contributed by atoms with Crippen LogP contribution in [0.2, 0.25) is 0 Å². The van der Waals surface area contributed by atoms with Crippen LogP contribution in [-0.4, -0.2) is 67.7 Å². The minimum absolute atomic E-state index is 0.186. The topological polar surface area (TPSA) is 64.7 Å². The van der Waals surface area contributed by atoms with E-state index in [4.69, 9.17) is 0 Å². The first-order valence-electron chi connectivity index (χ1n) is 5.87. The standard InChI is InChI=1S/C10H17F3N4O2/c1-16-4-6-17(7-5-16)15-8(18)2-3-14-9(19)10(11,12)13/h2-7H2,1H3,(H,14,19)(H,15,18). The number of hydrazine groups is 1. The fraction of sp³-hybridized carbons (Fsp3) is 0.800. The van der Waals surface area contributed by atoms with E-state index in [1.165, 1.54) is 0 Å².